The first-order chi connectivity index (χ1) is 15.4. The number of carbonyl (C=O) groups is 2. The van der Waals surface area contributed by atoms with Crippen LogP contribution < -0.4 is 15.5 Å². The van der Waals surface area contributed by atoms with Gasteiger partial charge in [0.25, 0.3) is 5.91 Å². The van der Waals surface area contributed by atoms with E-state index >= 15 is 0 Å². The molecule has 7 nitrogen and oxygen atoms in total. The molecule has 2 amide bonds. The maximum absolute atomic E-state index is 12.6. The monoisotopic (exact) mass is 541 g/mol. The third-order valence-electron chi connectivity index (χ3n) is 4.82. The van der Waals surface area contributed by atoms with Crippen LogP contribution in [0.15, 0.2) is 70.2 Å². The van der Waals surface area contributed by atoms with Gasteiger partial charge in [0.15, 0.2) is 0 Å². The van der Waals surface area contributed by atoms with Crippen molar-refractivity contribution in [3.05, 3.63) is 69.8 Å². The maximum atomic E-state index is 12.6. The number of methoxy groups -OCH3 is 1. The molecule has 8 heteroatoms. The molecular weight excluding hydrogens is 521 g/mol. The highest BCUT2D eigenvalue weighted by Crippen LogP contribution is 2.36. The number of hydrogen-bond acceptors (Lipinski definition) is 5. The maximum Gasteiger partial charge on any atom is 0.271 e. The number of ether oxygens (including phenoxy) is 1. The van der Waals surface area contributed by atoms with Crippen LogP contribution in [0.1, 0.15) is 23.7 Å². The van der Waals surface area contributed by atoms with Crippen molar-refractivity contribution in [1.29, 1.82) is 0 Å². The number of anilines is 1. The van der Waals surface area contributed by atoms with Crippen molar-refractivity contribution < 1.29 is 18.7 Å². The van der Waals surface area contributed by atoms with Crippen LogP contribution in [-0.2, 0) is 4.79 Å². The minimum atomic E-state index is -0.333. The minimum Gasteiger partial charge on any atom is -0.495 e. The molecule has 0 aliphatic rings. The van der Waals surface area contributed by atoms with Crippen molar-refractivity contribution in [1.82, 2.24) is 5.43 Å². The van der Waals surface area contributed by atoms with Crippen LogP contribution in [0.4, 0.5) is 5.69 Å². The van der Waals surface area contributed by atoms with Crippen LogP contribution >= 0.6 is 22.6 Å². The molecule has 162 valence electrons. The SMILES string of the molecule is COc1cc2c(cc1NC(=O)C/C(C)=N\NC(=O)c1cccc(I)c1)oc1ccccc12. The Balaban J connectivity index is 1.46. The number of fused-ring (bicyclic) bond motifs is 3. The normalized spacial score (nSPS) is 11.5. The highest BCUT2D eigenvalue weighted by atomic mass is 127. The van der Waals surface area contributed by atoms with Gasteiger partial charge in [-0.25, -0.2) is 5.43 Å². The quantitative estimate of drug-likeness (QED) is 0.196. The van der Waals surface area contributed by atoms with E-state index in [1.54, 1.807) is 38.3 Å². The van der Waals surface area contributed by atoms with Crippen molar-refractivity contribution in [3.8, 4) is 5.75 Å². The smallest absolute Gasteiger partial charge is 0.271 e. The van der Waals surface area contributed by atoms with Crippen LogP contribution in [0.25, 0.3) is 21.9 Å². The molecule has 0 aliphatic carbocycles. The molecule has 0 aliphatic heterocycles. The number of furan rings is 1. The largest absolute Gasteiger partial charge is 0.495 e. The predicted octanol–water partition coefficient (Wildman–Crippen LogP) is 5.33. The number of amides is 2. The van der Waals surface area contributed by atoms with Gasteiger partial charge < -0.3 is 14.5 Å². The zero-order valence-electron chi connectivity index (χ0n) is 17.4. The lowest BCUT2D eigenvalue weighted by Crippen LogP contribution is -2.21. The third kappa shape index (κ3) is 4.75. The van der Waals surface area contributed by atoms with E-state index in [1.165, 1.54) is 0 Å². The Hall–Kier alpha value is -3.40. The van der Waals surface area contributed by atoms with Gasteiger partial charge in [-0.3, -0.25) is 9.59 Å². The summed E-state index contributed by atoms with van der Waals surface area (Å²) >= 11 is 2.14. The van der Waals surface area contributed by atoms with Crippen LogP contribution in [0, 0.1) is 3.57 Å². The lowest BCUT2D eigenvalue weighted by Gasteiger charge is -2.10. The fourth-order valence-corrected chi connectivity index (χ4v) is 3.87. The molecule has 0 saturated heterocycles. The standard InChI is InChI=1S/C24H20IN3O4/c1-14(27-28-24(30)15-6-5-7-16(25)11-15)10-23(29)26-19-13-21-18(12-22(19)31-2)17-8-3-4-9-20(17)32-21/h3-9,11-13H,10H2,1-2H3,(H,26,29)(H,28,30)/b27-14-. The van der Waals surface area contributed by atoms with E-state index in [2.05, 4.69) is 38.4 Å². The Morgan fingerprint density at radius 1 is 1.03 bits per heavy atom. The molecule has 4 aromatic rings. The Bertz CT molecular complexity index is 1360. The first-order valence-corrected chi connectivity index (χ1v) is 10.9. The molecule has 32 heavy (non-hydrogen) atoms. The first-order valence-electron chi connectivity index (χ1n) is 9.83. The van der Waals surface area contributed by atoms with E-state index < -0.39 is 0 Å². The fourth-order valence-electron chi connectivity index (χ4n) is 3.32. The molecule has 1 heterocycles. The molecule has 4 rings (SSSR count). The summed E-state index contributed by atoms with van der Waals surface area (Å²) in [6, 6.07) is 18.5. The van der Waals surface area contributed by atoms with Gasteiger partial charge in [-0.15, -0.1) is 0 Å². The van der Waals surface area contributed by atoms with Crippen LogP contribution in [0.5, 0.6) is 5.75 Å². The number of benzene rings is 3. The molecule has 0 unspecified atom stereocenters. The molecule has 0 atom stereocenters. The molecular formula is C24H20IN3O4. The molecule has 1 aromatic heterocycles. The van der Waals surface area contributed by atoms with Gasteiger partial charge >= 0.3 is 0 Å². The van der Waals surface area contributed by atoms with Gasteiger partial charge in [0.1, 0.15) is 16.9 Å². The van der Waals surface area contributed by atoms with Crippen LogP contribution in [-0.4, -0.2) is 24.6 Å². The number of rotatable bonds is 6. The van der Waals surface area contributed by atoms with Crippen molar-refractivity contribution >= 4 is 67.7 Å². The number of para-hydroxylation sites is 1. The van der Waals surface area contributed by atoms with Gasteiger partial charge in [0.2, 0.25) is 5.91 Å². The van der Waals surface area contributed by atoms with Gasteiger partial charge in [0, 0.05) is 31.7 Å². The van der Waals surface area contributed by atoms with Crippen molar-refractivity contribution in [2.45, 2.75) is 13.3 Å². The Labute approximate surface area is 197 Å². The lowest BCUT2D eigenvalue weighted by atomic mass is 10.1. The van der Waals surface area contributed by atoms with Crippen LogP contribution in [0.3, 0.4) is 0 Å². The van der Waals surface area contributed by atoms with E-state index in [0.717, 1.165) is 19.9 Å². The summed E-state index contributed by atoms with van der Waals surface area (Å²) in [4.78, 5) is 24.8. The van der Waals surface area contributed by atoms with E-state index in [-0.39, 0.29) is 18.2 Å². The highest BCUT2D eigenvalue weighted by Gasteiger charge is 2.15. The summed E-state index contributed by atoms with van der Waals surface area (Å²) in [7, 11) is 1.55. The minimum absolute atomic E-state index is 0.00786. The fraction of sp³-hybridized carbons (Fsp3) is 0.125. The van der Waals surface area contributed by atoms with Gasteiger partial charge in [-0.1, -0.05) is 24.3 Å². The van der Waals surface area contributed by atoms with E-state index in [0.29, 0.717) is 28.3 Å². The van der Waals surface area contributed by atoms with Crippen LogP contribution in [0.2, 0.25) is 0 Å². The van der Waals surface area contributed by atoms with Gasteiger partial charge in [-0.2, -0.15) is 5.10 Å². The van der Waals surface area contributed by atoms with Crippen molar-refractivity contribution in [3.63, 3.8) is 0 Å². The van der Waals surface area contributed by atoms with Gasteiger partial charge in [0.05, 0.1) is 19.2 Å². The predicted molar refractivity (Wildman–Crippen MR) is 133 cm³/mol. The molecule has 0 bridgehead atoms. The van der Waals surface area contributed by atoms with Crippen molar-refractivity contribution in [2.24, 2.45) is 5.10 Å². The molecule has 0 saturated carbocycles. The number of nitrogens with one attached hydrogen (secondary N) is 2. The summed E-state index contributed by atoms with van der Waals surface area (Å²) in [6.07, 6.45) is 0.00786. The zero-order chi connectivity index (χ0) is 22.7. The second kappa shape index (κ2) is 9.39. The number of hydrogen-bond donors (Lipinski definition) is 2. The molecule has 0 radical (unpaired) electrons. The number of carbonyl (C=O) groups excluding carboxylic acids is 2. The number of hydrazone groups is 1. The van der Waals surface area contributed by atoms with E-state index in [4.69, 9.17) is 9.15 Å². The summed E-state index contributed by atoms with van der Waals surface area (Å²) < 4.78 is 12.3. The van der Waals surface area contributed by atoms with E-state index in [9.17, 15) is 9.59 Å². The number of halogens is 1. The molecule has 2 N–H and O–H groups in total. The third-order valence-corrected chi connectivity index (χ3v) is 5.50. The summed E-state index contributed by atoms with van der Waals surface area (Å²) in [5, 5.41) is 8.76. The zero-order valence-corrected chi connectivity index (χ0v) is 19.6. The van der Waals surface area contributed by atoms with Crippen molar-refractivity contribution in [2.75, 3.05) is 12.4 Å². The Morgan fingerprint density at radius 2 is 1.84 bits per heavy atom. The Morgan fingerprint density at radius 3 is 2.62 bits per heavy atom. The summed E-state index contributed by atoms with van der Waals surface area (Å²) in [6.45, 7) is 1.67. The molecule has 3 aromatic carbocycles. The number of nitrogens with zero attached hydrogens (tertiary/aromatic N) is 1. The summed E-state index contributed by atoms with van der Waals surface area (Å²) in [5.74, 6) is -0.0946. The Kier molecular flexibility index (Phi) is 6.40. The second-order valence-electron chi connectivity index (χ2n) is 7.17. The highest BCUT2D eigenvalue weighted by molar-refractivity contribution is 14.1. The summed E-state index contributed by atoms with van der Waals surface area (Å²) in [5.41, 5.74) is 5.36. The molecule has 0 fully saturated rings. The average Bonchev–Trinajstić information content (AvgIpc) is 3.14. The average molecular weight is 541 g/mol. The topological polar surface area (TPSA) is 92.9 Å². The van der Waals surface area contributed by atoms with E-state index in [1.807, 2.05) is 36.4 Å². The van der Waals surface area contributed by atoms with Gasteiger partial charge in [-0.05, 0) is 59.8 Å². The second-order valence-corrected chi connectivity index (χ2v) is 8.42. The first kappa shape index (κ1) is 21.8. The molecule has 0 spiro atoms. The lowest BCUT2D eigenvalue weighted by molar-refractivity contribution is -0.115.